The Morgan fingerprint density at radius 1 is 1.54 bits per heavy atom. The smallest absolute Gasteiger partial charge is 0.140 e. The molecule has 13 heavy (non-hydrogen) atoms. The Hall–Kier alpha value is -0.450. The zero-order valence-electron chi connectivity index (χ0n) is 7.00. The summed E-state index contributed by atoms with van der Waals surface area (Å²) in [6.07, 6.45) is -0.425. The van der Waals surface area contributed by atoms with Gasteiger partial charge in [0.1, 0.15) is 5.82 Å². The topological polar surface area (TPSA) is 46.2 Å². The molecule has 72 valence electrons. The molecule has 1 atom stereocenters. The van der Waals surface area contributed by atoms with E-state index >= 15 is 0 Å². The summed E-state index contributed by atoms with van der Waals surface area (Å²) in [5.74, 6) is -0.324. The van der Waals surface area contributed by atoms with Gasteiger partial charge in [-0.1, -0.05) is 12.1 Å². The predicted molar refractivity (Wildman–Crippen MR) is 52.9 cm³/mol. The molecule has 3 N–H and O–H groups in total. The van der Waals surface area contributed by atoms with E-state index in [2.05, 4.69) is 15.9 Å². The third-order valence-electron chi connectivity index (χ3n) is 1.76. The average Bonchev–Trinajstić information content (AvgIpc) is 2.13. The summed E-state index contributed by atoms with van der Waals surface area (Å²) < 4.78 is 13.7. The molecule has 0 spiro atoms. The van der Waals surface area contributed by atoms with Crippen LogP contribution in [0.5, 0.6) is 0 Å². The summed E-state index contributed by atoms with van der Waals surface area (Å²) in [7, 11) is 0. The van der Waals surface area contributed by atoms with E-state index in [1.54, 1.807) is 18.2 Å². The molecule has 0 bridgehead atoms. The molecule has 0 heterocycles. The van der Waals surface area contributed by atoms with Crippen molar-refractivity contribution in [2.24, 2.45) is 5.73 Å². The lowest BCUT2D eigenvalue weighted by Crippen LogP contribution is -2.22. The second-order valence-corrected chi connectivity index (χ2v) is 3.66. The summed E-state index contributed by atoms with van der Waals surface area (Å²) in [5, 5.41) is 9.22. The minimum Gasteiger partial charge on any atom is -0.391 e. The van der Waals surface area contributed by atoms with E-state index in [1.165, 1.54) is 0 Å². The van der Waals surface area contributed by atoms with Crippen molar-refractivity contribution in [1.29, 1.82) is 0 Å². The normalized spacial score (nSPS) is 12.9. The molecule has 2 nitrogen and oxygen atoms in total. The molecule has 4 heteroatoms. The van der Waals surface area contributed by atoms with Crippen molar-refractivity contribution in [3.05, 3.63) is 34.1 Å². The lowest BCUT2D eigenvalue weighted by atomic mass is 10.1. The molecule has 0 aliphatic carbocycles. The Morgan fingerprint density at radius 2 is 2.23 bits per heavy atom. The van der Waals surface area contributed by atoms with E-state index in [1.807, 2.05) is 0 Å². The molecule has 0 aromatic heterocycles. The fourth-order valence-electron chi connectivity index (χ4n) is 1.04. The summed E-state index contributed by atoms with van der Waals surface area (Å²) in [6.45, 7) is 0.145. The fourth-order valence-corrected chi connectivity index (χ4v) is 1.45. The van der Waals surface area contributed by atoms with E-state index in [9.17, 15) is 9.50 Å². The zero-order chi connectivity index (χ0) is 9.84. The highest BCUT2D eigenvalue weighted by Gasteiger charge is 2.09. The number of rotatable bonds is 3. The van der Waals surface area contributed by atoms with Crippen LogP contribution < -0.4 is 5.73 Å². The van der Waals surface area contributed by atoms with Gasteiger partial charge in [0.2, 0.25) is 0 Å². The van der Waals surface area contributed by atoms with E-state index in [0.29, 0.717) is 10.0 Å². The zero-order valence-corrected chi connectivity index (χ0v) is 8.59. The number of nitrogens with two attached hydrogens (primary N) is 1. The SMILES string of the molecule is NCC(O)Cc1cccc(Br)c1F. The van der Waals surface area contributed by atoms with Gasteiger partial charge < -0.3 is 10.8 Å². The molecule has 1 aromatic rings. The lowest BCUT2D eigenvalue weighted by molar-refractivity contribution is 0.182. The van der Waals surface area contributed by atoms with Crippen LogP contribution in [0.15, 0.2) is 22.7 Å². The van der Waals surface area contributed by atoms with Crippen molar-refractivity contribution >= 4 is 15.9 Å². The second kappa shape index (κ2) is 4.69. The Balaban J connectivity index is 2.83. The second-order valence-electron chi connectivity index (χ2n) is 2.81. The van der Waals surface area contributed by atoms with Crippen LogP contribution in [0.2, 0.25) is 0 Å². The number of hydrogen-bond donors (Lipinski definition) is 2. The van der Waals surface area contributed by atoms with Crippen LogP contribution in [0, 0.1) is 5.82 Å². The molecular weight excluding hydrogens is 237 g/mol. The molecule has 0 saturated carbocycles. The summed E-state index contributed by atoms with van der Waals surface area (Å²) >= 11 is 3.07. The maximum atomic E-state index is 13.3. The molecule has 0 fully saturated rings. The van der Waals surface area contributed by atoms with Gasteiger partial charge in [-0.05, 0) is 27.6 Å². The van der Waals surface area contributed by atoms with Gasteiger partial charge in [-0.15, -0.1) is 0 Å². The van der Waals surface area contributed by atoms with Crippen molar-refractivity contribution < 1.29 is 9.50 Å². The van der Waals surface area contributed by atoms with E-state index in [4.69, 9.17) is 5.73 Å². The fraction of sp³-hybridized carbons (Fsp3) is 0.333. The number of benzene rings is 1. The molecule has 0 saturated heterocycles. The van der Waals surface area contributed by atoms with Gasteiger partial charge in [0, 0.05) is 13.0 Å². The van der Waals surface area contributed by atoms with E-state index in [0.717, 1.165) is 0 Å². The van der Waals surface area contributed by atoms with Crippen molar-refractivity contribution in [3.63, 3.8) is 0 Å². The quantitative estimate of drug-likeness (QED) is 0.850. The average molecular weight is 248 g/mol. The summed E-state index contributed by atoms with van der Waals surface area (Å²) in [5.41, 5.74) is 5.70. The summed E-state index contributed by atoms with van der Waals surface area (Å²) in [6, 6.07) is 4.98. The number of halogens is 2. The molecule has 0 aliphatic heterocycles. The van der Waals surface area contributed by atoms with Crippen molar-refractivity contribution in [2.45, 2.75) is 12.5 Å². The highest BCUT2D eigenvalue weighted by Crippen LogP contribution is 2.19. The van der Waals surface area contributed by atoms with Gasteiger partial charge in [-0.2, -0.15) is 0 Å². The Morgan fingerprint density at radius 3 is 2.85 bits per heavy atom. The molecule has 1 aromatic carbocycles. The first-order valence-electron chi connectivity index (χ1n) is 3.96. The van der Waals surface area contributed by atoms with Gasteiger partial charge in [0.05, 0.1) is 10.6 Å². The minimum absolute atomic E-state index is 0.145. The van der Waals surface area contributed by atoms with Crippen LogP contribution in [-0.2, 0) is 6.42 Å². The van der Waals surface area contributed by atoms with Crippen molar-refractivity contribution in [1.82, 2.24) is 0 Å². The van der Waals surface area contributed by atoms with Crippen LogP contribution in [-0.4, -0.2) is 17.8 Å². The van der Waals surface area contributed by atoms with Crippen LogP contribution in [0.4, 0.5) is 4.39 Å². The van der Waals surface area contributed by atoms with Crippen LogP contribution in [0.25, 0.3) is 0 Å². The summed E-state index contributed by atoms with van der Waals surface area (Å²) in [4.78, 5) is 0. The number of hydrogen-bond acceptors (Lipinski definition) is 2. The molecule has 0 aliphatic rings. The van der Waals surface area contributed by atoms with Gasteiger partial charge in [0.25, 0.3) is 0 Å². The third-order valence-corrected chi connectivity index (χ3v) is 2.37. The predicted octanol–water partition coefficient (Wildman–Crippen LogP) is 1.45. The Labute approximate surface area is 84.7 Å². The molecule has 1 unspecified atom stereocenters. The van der Waals surface area contributed by atoms with Crippen molar-refractivity contribution in [3.8, 4) is 0 Å². The highest BCUT2D eigenvalue weighted by atomic mass is 79.9. The highest BCUT2D eigenvalue weighted by molar-refractivity contribution is 9.10. The van der Waals surface area contributed by atoms with Gasteiger partial charge in [-0.25, -0.2) is 4.39 Å². The lowest BCUT2D eigenvalue weighted by Gasteiger charge is -2.08. The first kappa shape index (κ1) is 10.6. The van der Waals surface area contributed by atoms with Crippen LogP contribution in [0.3, 0.4) is 0 Å². The monoisotopic (exact) mass is 247 g/mol. The molecule has 0 radical (unpaired) electrons. The minimum atomic E-state index is -0.677. The Kier molecular flexibility index (Phi) is 3.84. The van der Waals surface area contributed by atoms with E-state index in [-0.39, 0.29) is 18.8 Å². The molecule has 1 rings (SSSR count). The van der Waals surface area contributed by atoms with Crippen LogP contribution >= 0.6 is 15.9 Å². The number of aliphatic hydroxyl groups excluding tert-OH is 1. The standard InChI is InChI=1S/C9H11BrFNO/c10-8-3-1-2-6(9(8)11)4-7(13)5-12/h1-3,7,13H,4-5,12H2. The third kappa shape index (κ3) is 2.76. The van der Waals surface area contributed by atoms with Crippen molar-refractivity contribution in [2.75, 3.05) is 6.54 Å². The largest absolute Gasteiger partial charge is 0.391 e. The number of aliphatic hydroxyl groups is 1. The van der Waals surface area contributed by atoms with Crippen LogP contribution in [0.1, 0.15) is 5.56 Å². The van der Waals surface area contributed by atoms with Gasteiger partial charge in [-0.3, -0.25) is 0 Å². The van der Waals surface area contributed by atoms with Gasteiger partial charge >= 0.3 is 0 Å². The van der Waals surface area contributed by atoms with E-state index < -0.39 is 6.10 Å². The maximum absolute atomic E-state index is 13.3. The molecule has 0 amide bonds. The first-order valence-corrected chi connectivity index (χ1v) is 4.75. The first-order chi connectivity index (χ1) is 6.15. The molecular formula is C9H11BrFNO. The van der Waals surface area contributed by atoms with Gasteiger partial charge in [0.15, 0.2) is 0 Å². The maximum Gasteiger partial charge on any atom is 0.140 e. The Bertz CT molecular complexity index is 293.